The van der Waals surface area contributed by atoms with Crippen LogP contribution in [0.5, 0.6) is 0 Å². The van der Waals surface area contributed by atoms with E-state index in [-0.39, 0.29) is 21.7 Å². The molecule has 0 aliphatic heterocycles. The molecule has 0 bridgehead atoms. The van der Waals surface area contributed by atoms with Crippen LogP contribution in [0.3, 0.4) is 0 Å². The summed E-state index contributed by atoms with van der Waals surface area (Å²) in [6, 6.07) is 13.2. The summed E-state index contributed by atoms with van der Waals surface area (Å²) in [6.45, 7) is 0. The second-order valence-electron chi connectivity index (χ2n) is 5.59. The lowest BCUT2D eigenvalue weighted by atomic mass is 10.0. The van der Waals surface area contributed by atoms with Crippen molar-refractivity contribution in [1.82, 2.24) is 0 Å². The van der Waals surface area contributed by atoms with Gasteiger partial charge in [0.05, 0.1) is 10.6 Å². The van der Waals surface area contributed by atoms with Crippen molar-refractivity contribution in [3.8, 4) is 0 Å². The summed E-state index contributed by atoms with van der Waals surface area (Å²) < 4.78 is 54.0. The van der Waals surface area contributed by atoms with E-state index in [0.717, 1.165) is 24.3 Å². The highest BCUT2D eigenvalue weighted by Crippen LogP contribution is 2.25. The fourth-order valence-corrected chi connectivity index (χ4v) is 3.57. The number of hydrogen-bond acceptors (Lipinski definition) is 3. The van der Waals surface area contributed by atoms with E-state index < -0.39 is 27.4 Å². The second-order valence-corrected chi connectivity index (χ2v) is 7.70. The molecule has 0 saturated heterocycles. The average Bonchev–Trinajstić information content (AvgIpc) is 2.62. The molecule has 3 aromatic carbocycles. The minimum Gasteiger partial charge on any atom is -0.289 e. The average molecular weight is 408 g/mol. The summed E-state index contributed by atoms with van der Waals surface area (Å²) in [5, 5.41) is 0.354. The first-order valence-electron chi connectivity index (χ1n) is 7.64. The quantitative estimate of drug-likeness (QED) is 0.626. The predicted octanol–water partition coefficient (Wildman–Crippen LogP) is 4.65. The fourth-order valence-electron chi connectivity index (χ4n) is 2.37. The topological polar surface area (TPSA) is 63.2 Å². The zero-order valence-electron chi connectivity index (χ0n) is 13.6. The van der Waals surface area contributed by atoms with E-state index in [1.807, 2.05) is 0 Å². The molecular weight excluding hydrogens is 396 g/mol. The van der Waals surface area contributed by atoms with Gasteiger partial charge in [0.2, 0.25) is 0 Å². The second kappa shape index (κ2) is 7.46. The molecule has 1 N–H and O–H groups in total. The highest BCUT2D eigenvalue weighted by Gasteiger charge is 2.20. The minimum absolute atomic E-state index is 0.0689. The molecule has 27 heavy (non-hydrogen) atoms. The van der Waals surface area contributed by atoms with Crippen molar-refractivity contribution in [3.05, 3.63) is 94.5 Å². The van der Waals surface area contributed by atoms with Gasteiger partial charge in [-0.2, -0.15) is 0 Å². The Morgan fingerprint density at radius 1 is 0.852 bits per heavy atom. The molecule has 3 aromatic rings. The van der Waals surface area contributed by atoms with Crippen LogP contribution in [0, 0.1) is 11.6 Å². The van der Waals surface area contributed by atoms with Gasteiger partial charge in [-0.05, 0) is 66.7 Å². The molecule has 0 saturated carbocycles. The summed E-state index contributed by atoms with van der Waals surface area (Å²) in [5.74, 6) is -1.82. The van der Waals surface area contributed by atoms with Gasteiger partial charge < -0.3 is 0 Å². The van der Waals surface area contributed by atoms with Crippen molar-refractivity contribution < 1.29 is 22.0 Å². The third-order valence-corrected chi connectivity index (χ3v) is 5.33. The molecule has 0 aliphatic rings. The van der Waals surface area contributed by atoms with E-state index in [1.54, 1.807) is 0 Å². The number of ketones is 1. The number of anilines is 1. The molecule has 0 aliphatic carbocycles. The number of carbonyl (C=O) groups is 1. The lowest BCUT2D eigenvalue weighted by Crippen LogP contribution is -2.16. The Hall–Kier alpha value is -2.77. The van der Waals surface area contributed by atoms with Gasteiger partial charge in [-0.1, -0.05) is 11.6 Å². The Bertz CT molecular complexity index is 1100. The SMILES string of the molecule is O=C(c1ccc(F)cc1)c1ccc(F)cc1NS(=O)(=O)c1ccc(Cl)cc1. The molecule has 0 heterocycles. The number of hydrogen-bond donors (Lipinski definition) is 1. The zero-order valence-corrected chi connectivity index (χ0v) is 15.2. The van der Waals surface area contributed by atoms with Crippen molar-refractivity contribution in [3.63, 3.8) is 0 Å². The van der Waals surface area contributed by atoms with Gasteiger partial charge in [-0.25, -0.2) is 17.2 Å². The van der Waals surface area contributed by atoms with E-state index in [9.17, 15) is 22.0 Å². The highest BCUT2D eigenvalue weighted by atomic mass is 35.5. The zero-order chi connectivity index (χ0) is 19.6. The van der Waals surface area contributed by atoms with Gasteiger partial charge in [0, 0.05) is 16.1 Å². The van der Waals surface area contributed by atoms with Crippen molar-refractivity contribution in [2.75, 3.05) is 4.72 Å². The van der Waals surface area contributed by atoms with Gasteiger partial charge in [-0.3, -0.25) is 9.52 Å². The minimum atomic E-state index is -4.08. The Balaban J connectivity index is 2.00. The van der Waals surface area contributed by atoms with E-state index in [2.05, 4.69) is 4.72 Å². The van der Waals surface area contributed by atoms with Crippen LogP contribution in [0.1, 0.15) is 15.9 Å². The summed E-state index contributed by atoms with van der Waals surface area (Å²) in [4.78, 5) is 12.6. The lowest BCUT2D eigenvalue weighted by molar-refractivity contribution is 0.103. The molecule has 4 nitrogen and oxygen atoms in total. The Labute approximate surface area is 159 Å². The number of nitrogens with one attached hydrogen (secondary N) is 1. The van der Waals surface area contributed by atoms with Crippen molar-refractivity contribution in [2.45, 2.75) is 4.90 Å². The number of halogens is 3. The van der Waals surface area contributed by atoms with Crippen molar-refractivity contribution in [2.24, 2.45) is 0 Å². The van der Waals surface area contributed by atoms with Crippen LogP contribution in [0.4, 0.5) is 14.5 Å². The van der Waals surface area contributed by atoms with Gasteiger partial charge in [0.25, 0.3) is 10.0 Å². The first kappa shape index (κ1) is 19.0. The first-order valence-corrected chi connectivity index (χ1v) is 9.50. The van der Waals surface area contributed by atoms with Crippen LogP contribution in [-0.2, 0) is 10.0 Å². The molecule has 0 unspecified atom stereocenters. The normalized spacial score (nSPS) is 11.2. The molecule has 0 spiro atoms. The van der Waals surface area contributed by atoms with Crippen LogP contribution in [0.2, 0.25) is 5.02 Å². The number of rotatable bonds is 5. The number of benzene rings is 3. The molecule has 0 aromatic heterocycles. The van der Waals surface area contributed by atoms with E-state index in [0.29, 0.717) is 5.02 Å². The van der Waals surface area contributed by atoms with Crippen LogP contribution in [-0.4, -0.2) is 14.2 Å². The molecule has 0 radical (unpaired) electrons. The van der Waals surface area contributed by atoms with Crippen LogP contribution in [0.15, 0.2) is 71.6 Å². The van der Waals surface area contributed by atoms with Gasteiger partial charge >= 0.3 is 0 Å². The molecule has 3 rings (SSSR count). The van der Waals surface area contributed by atoms with Gasteiger partial charge in [-0.15, -0.1) is 0 Å². The summed E-state index contributed by atoms with van der Waals surface area (Å²) in [7, 11) is -4.08. The third-order valence-electron chi connectivity index (χ3n) is 3.70. The van der Waals surface area contributed by atoms with Crippen molar-refractivity contribution >= 4 is 33.1 Å². The van der Waals surface area contributed by atoms with Crippen LogP contribution < -0.4 is 4.72 Å². The van der Waals surface area contributed by atoms with Crippen LogP contribution >= 0.6 is 11.6 Å². The van der Waals surface area contributed by atoms with Crippen LogP contribution in [0.25, 0.3) is 0 Å². The highest BCUT2D eigenvalue weighted by molar-refractivity contribution is 7.92. The van der Waals surface area contributed by atoms with E-state index in [4.69, 9.17) is 11.6 Å². The fraction of sp³-hybridized carbons (Fsp3) is 0. The Morgan fingerprint density at radius 3 is 2.07 bits per heavy atom. The maximum absolute atomic E-state index is 13.7. The standard InChI is InChI=1S/C19H12ClF2NO3S/c20-13-3-8-16(9-4-13)27(25,26)23-18-11-15(22)7-10-17(18)19(24)12-1-5-14(21)6-2-12/h1-11,23H. The maximum atomic E-state index is 13.7. The summed E-state index contributed by atoms with van der Waals surface area (Å²) in [5.41, 5.74) is -0.158. The largest absolute Gasteiger partial charge is 0.289 e. The first-order chi connectivity index (χ1) is 12.8. The van der Waals surface area contributed by atoms with Gasteiger partial charge in [0.15, 0.2) is 5.78 Å². The number of carbonyl (C=O) groups excluding carboxylic acids is 1. The molecular formula is C19H12ClF2NO3S. The molecule has 0 amide bonds. The monoisotopic (exact) mass is 407 g/mol. The molecule has 0 atom stereocenters. The Morgan fingerprint density at radius 2 is 1.44 bits per heavy atom. The van der Waals surface area contributed by atoms with Crippen molar-refractivity contribution in [1.29, 1.82) is 0 Å². The van der Waals surface area contributed by atoms with E-state index >= 15 is 0 Å². The smallest absolute Gasteiger partial charge is 0.261 e. The molecule has 138 valence electrons. The number of sulfonamides is 1. The third kappa shape index (κ3) is 4.32. The predicted molar refractivity (Wildman–Crippen MR) is 98.5 cm³/mol. The molecule has 0 fully saturated rings. The summed E-state index contributed by atoms with van der Waals surface area (Å²) >= 11 is 5.75. The maximum Gasteiger partial charge on any atom is 0.261 e. The summed E-state index contributed by atoms with van der Waals surface area (Å²) in [6.07, 6.45) is 0. The van der Waals surface area contributed by atoms with E-state index in [1.165, 1.54) is 42.5 Å². The molecule has 8 heteroatoms. The lowest BCUT2D eigenvalue weighted by Gasteiger charge is -2.12. The van der Waals surface area contributed by atoms with Gasteiger partial charge in [0.1, 0.15) is 11.6 Å². The Kier molecular flexibility index (Phi) is 5.25.